The van der Waals surface area contributed by atoms with Crippen molar-refractivity contribution in [1.82, 2.24) is 0 Å². The Morgan fingerprint density at radius 2 is 1.60 bits per heavy atom. The van der Waals surface area contributed by atoms with Crippen LogP contribution in [0.2, 0.25) is 0 Å². The molecule has 0 radical (unpaired) electrons. The first-order chi connectivity index (χ1) is 12.1. The summed E-state index contributed by atoms with van der Waals surface area (Å²) in [5.74, 6) is 0. The second-order valence-electron chi connectivity index (χ2n) is 7.54. The van der Waals surface area contributed by atoms with Gasteiger partial charge in [0, 0.05) is 0 Å². The van der Waals surface area contributed by atoms with E-state index in [1.807, 2.05) is 0 Å². The molecule has 0 saturated heterocycles. The maximum absolute atomic E-state index is 2.39. The lowest BCUT2D eigenvalue weighted by Gasteiger charge is -2.14. The highest BCUT2D eigenvalue weighted by Gasteiger charge is 2.23. The molecule has 0 bridgehead atoms. The van der Waals surface area contributed by atoms with Gasteiger partial charge in [-0.15, -0.1) is 0 Å². The van der Waals surface area contributed by atoms with E-state index in [1.165, 1.54) is 36.0 Å². The van der Waals surface area contributed by atoms with E-state index < -0.39 is 9.52 Å². The average Bonchev–Trinajstić information content (AvgIpc) is 2.89. The van der Waals surface area contributed by atoms with Crippen molar-refractivity contribution in [1.29, 1.82) is 0 Å². The van der Waals surface area contributed by atoms with Gasteiger partial charge in [0.2, 0.25) is 0 Å². The Balaban J connectivity index is 2.05. The molecule has 0 heterocycles. The summed E-state index contributed by atoms with van der Waals surface area (Å²) < 4.78 is 0. The summed E-state index contributed by atoms with van der Waals surface area (Å²) in [5.41, 5.74) is 9.13. The van der Waals surface area contributed by atoms with Gasteiger partial charge in [-0.3, -0.25) is 0 Å². The fourth-order valence-corrected chi connectivity index (χ4v) is 6.23. The number of rotatable bonds is 6. The summed E-state index contributed by atoms with van der Waals surface area (Å²) in [5, 5.41) is 3.28. The molecule has 0 N–H and O–H groups in total. The predicted octanol–water partition coefficient (Wildman–Crippen LogP) is 5.42. The molecule has 25 heavy (non-hydrogen) atoms. The van der Waals surface area contributed by atoms with Crippen LogP contribution >= 0.6 is 0 Å². The van der Waals surface area contributed by atoms with E-state index in [9.17, 15) is 0 Å². The van der Waals surface area contributed by atoms with Gasteiger partial charge >= 0.3 is 0 Å². The first kappa shape index (κ1) is 17.9. The smallest absolute Gasteiger partial charge is 0.0658 e. The maximum atomic E-state index is 2.39. The normalized spacial score (nSPS) is 15.0. The van der Waals surface area contributed by atoms with Crippen molar-refractivity contribution >= 4 is 20.3 Å². The van der Waals surface area contributed by atoms with Gasteiger partial charge in [0.1, 0.15) is 0 Å². The van der Waals surface area contributed by atoms with Crippen molar-refractivity contribution in [3.05, 3.63) is 81.6 Å². The van der Waals surface area contributed by atoms with E-state index in [1.54, 1.807) is 27.1 Å². The molecular weight excluding hydrogens is 316 g/mol. The van der Waals surface area contributed by atoms with Crippen LogP contribution in [0.3, 0.4) is 0 Å². The van der Waals surface area contributed by atoms with Crippen molar-refractivity contribution in [2.75, 3.05) is 0 Å². The van der Waals surface area contributed by atoms with Crippen LogP contribution in [0.1, 0.15) is 56.2 Å². The Labute approximate surface area is 155 Å². The van der Waals surface area contributed by atoms with Crippen LogP contribution in [0, 0.1) is 13.8 Å². The molecule has 1 aliphatic carbocycles. The lowest BCUT2D eigenvalue weighted by molar-refractivity contribution is 0.792. The van der Waals surface area contributed by atoms with Crippen LogP contribution in [-0.4, -0.2) is 9.52 Å². The minimum atomic E-state index is -0.436. The van der Waals surface area contributed by atoms with Gasteiger partial charge in [0.25, 0.3) is 0 Å². The molecule has 2 aromatic carbocycles. The fourth-order valence-electron chi connectivity index (χ4n) is 4.07. The zero-order valence-electron chi connectivity index (χ0n) is 16.2. The van der Waals surface area contributed by atoms with Gasteiger partial charge in [0.05, 0.1) is 9.52 Å². The summed E-state index contributed by atoms with van der Waals surface area (Å²) in [7, 11) is -0.436. The topological polar surface area (TPSA) is 0 Å². The molecule has 0 amide bonds. The van der Waals surface area contributed by atoms with Crippen LogP contribution in [0.15, 0.2) is 64.9 Å². The van der Waals surface area contributed by atoms with Crippen molar-refractivity contribution in [2.45, 2.75) is 53.4 Å². The van der Waals surface area contributed by atoms with E-state index in [-0.39, 0.29) is 0 Å². The molecule has 0 nitrogen and oxygen atoms in total. The van der Waals surface area contributed by atoms with Crippen molar-refractivity contribution < 1.29 is 0 Å². The number of allylic oxidation sites excluding steroid dienone is 4. The summed E-state index contributed by atoms with van der Waals surface area (Å²) in [6.07, 6.45) is 4.98. The molecule has 0 spiro atoms. The Hall–Kier alpha value is -1.86. The van der Waals surface area contributed by atoms with Crippen LogP contribution in [0.5, 0.6) is 0 Å². The minimum Gasteiger partial charge on any atom is -0.0658 e. The van der Waals surface area contributed by atoms with Gasteiger partial charge in [0.15, 0.2) is 0 Å². The third-order valence-corrected chi connectivity index (χ3v) is 7.35. The SMILES string of the molecule is CCCCC1=C(C)CC(c2cc(C)cc(C)c2)=C1[SiH2]c1ccccc1. The molecule has 1 heteroatoms. The zero-order valence-corrected chi connectivity index (χ0v) is 17.6. The molecular formula is C24H30Si. The predicted molar refractivity (Wildman–Crippen MR) is 114 cm³/mol. The summed E-state index contributed by atoms with van der Waals surface area (Å²) in [6.45, 7) is 9.10. The van der Waals surface area contributed by atoms with E-state index >= 15 is 0 Å². The molecule has 0 aliphatic heterocycles. The van der Waals surface area contributed by atoms with Gasteiger partial charge < -0.3 is 0 Å². The quantitative estimate of drug-likeness (QED) is 0.613. The first-order valence-electron chi connectivity index (χ1n) is 9.62. The zero-order chi connectivity index (χ0) is 17.8. The summed E-state index contributed by atoms with van der Waals surface area (Å²) >= 11 is 0. The molecule has 3 rings (SSSR count). The summed E-state index contributed by atoms with van der Waals surface area (Å²) in [4.78, 5) is 0. The lowest BCUT2D eigenvalue weighted by atomic mass is 9.99. The van der Waals surface area contributed by atoms with E-state index in [0.29, 0.717) is 0 Å². The maximum Gasteiger partial charge on any atom is 0.0882 e. The molecule has 0 aromatic heterocycles. The molecule has 0 unspecified atom stereocenters. The Morgan fingerprint density at radius 3 is 2.24 bits per heavy atom. The third-order valence-electron chi connectivity index (χ3n) is 5.26. The molecule has 2 aromatic rings. The van der Waals surface area contributed by atoms with Crippen LogP contribution in [0.25, 0.3) is 5.57 Å². The Kier molecular flexibility index (Phi) is 5.75. The van der Waals surface area contributed by atoms with Gasteiger partial charge in [-0.25, -0.2) is 0 Å². The average molecular weight is 347 g/mol. The number of hydrogen-bond donors (Lipinski definition) is 0. The van der Waals surface area contributed by atoms with E-state index in [0.717, 1.165) is 6.42 Å². The fraction of sp³-hybridized carbons (Fsp3) is 0.333. The monoisotopic (exact) mass is 346 g/mol. The first-order valence-corrected chi connectivity index (χ1v) is 11.0. The third kappa shape index (κ3) is 4.22. The molecule has 0 atom stereocenters. The highest BCUT2D eigenvalue weighted by molar-refractivity contribution is 6.63. The van der Waals surface area contributed by atoms with Crippen LogP contribution < -0.4 is 5.19 Å². The highest BCUT2D eigenvalue weighted by Crippen LogP contribution is 2.40. The second kappa shape index (κ2) is 8.01. The van der Waals surface area contributed by atoms with Gasteiger partial charge in [-0.2, -0.15) is 0 Å². The van der Waals surface area contributed by atoms with Crippen molar-refractivity contribution in [2.24, 2.45) is 0 Å². The largest absolute Gasteiger partial charge is 0.0882 e. The van der Waals surface area contributed by atoms with Crippen LogP contribution in [0.4, 0.5) is 0 Å². The van der Waals surface area contributed by atoms with Gasteiger partial charge in [-0.1, -0.05) is 89.0 Å². The number of aryl methyl sites for hydroxylation is 2. The molecule has 1 aliphatic rings. The number of unbranched alkanes of at least 4 members (excludes halogenated alkanes) is 1. The number of hydrogen-bond acceptors (Lipinski definition) is 0. The molecule has 0 saturated carbocycles. The highest BCUT2D eigenvalue weighted by atomic mass is 28.2. The summed E-state index contributed by atoms with van der Waals surface area (Å²) in [6, 6.07) is 18.2. The number of benzene rings is 2. The second-order valence-corrected chi connectivity index (χ2v) is 9.41. The minimum absolute atomic E-state index is 0.436. The van der Waals surface area contributed by atoms with Crippen LogP contribution in [-0.2, 0) is 0 Å². The molecule has 0 fully saturated rings. The Morgan fingerprint density at radius 1 is 0.920 bits per heavy atom. The lowest BCUT2D eigenvalue weighted by Crippen LogP contribution is -2.17. The van der Waals surface area contributed by atoms with Gasteiger partial charge in [-0.05, 0) is 56.7 Å². The van der Waals surface area contributed by atoms with Crippen molar-refractivity contribution in [3.63, 3.8) is 0 Å². The standard InChI is InChI=1S/C24H30Si/c1-5-6-12-22-19(4)16-23(20-14-17(2)13-18(3)15-20)24(22)25-21-10-8-7-9-11-21/h7-11,13-15H,5-6,12,16,25H2,1-4H3. The van der Waals surface area contributed by atoms with E-state index in [4.69, 9.17) is 0 Å². The van der Waals surface area contributed by atoms with E-state index in [2.05, 4.69) is 76.2 Å². The molecule has 130 valence electrons. The Bertz CT molecular complexity index is 789. The van der Waals surface area contributed by atoms with Crippen molar-refractivity contribution in [3.8, 4) is 0 Å².